The van der Waals surface area contributed by atoms with Gasteiger partial charge in [-0.25, -0.2) is 9.97 Å². The van der Waals surface area contributed by atoms with Gasteiger partial charge in [0.15, 0.2) is 17.0 Å². The molecule has 134 valence electrons. The number of hydrogen-bond donors (Lipinski definition) is 0. The third-order valence-electron chi connectivity index (χ3n) is 4.27. The molecular formula is C19H19N3O4. The third-order valence-corrected chi connectivity index (χ3v) is 4.27. The van der Waals surface area contributed by atoms with Crippen LogP contribution in [0.15, 0.2) is 36.7 Å². The number of rotatable bonds is 5. The number of methoxy groups -OCH3 is 2. The zero-order valence-electron chi connectivity index (χ0n) is 14.6. The molecule has 3 aromatic rings. The van der Waals surface area contributed by atoms with E-state index in [1.807, 2.05) is 24.3 Å². The second-order valence-electron chi connectivity index (χ2n) is 5.91. The quantitative estimate of drug-likeness (QED) is 0.698. The van der Waals surface area contributed by atoms with Gasteiger partial charge in [0.2, 0.25) is 5.88 Å². The average Bonchev–Trinajstić information content (AvgIpc) is 3.20. The fourth-order valence-electron chi connectivity index (χ4n) is 2.93. The fraction of sp³-hybridized carbons (Fsp3) is 0.316. The molecule has 1 aliphatic rings. The summed E-state index contributed by atoms with van der Waals surface area (Å²) in [5, 5.41) is 0. The Morgan fingerprint density at radius 2 is 1.88 bits per heavy atom. The van der Waals surface area contributed by atoms with Crippen molar-refractivity contribution in [3.8, 4) is 28.6 Å². The molecule has 7 nitrogen and oxygen atoms in total. The zero-order valence-corrected chi connectivity index (χ0v) is 14.6. The van der Waals surface area contributed by atoms with Crippen LogP contribution >= 0.6 is 0 Å². The minimum atomic E-state index is -0.0200. The third kappa shape index (κ3) is 3.13. The zero-order chi connectivity index (χ0) is 17.9. The molecule has 26 heavy (non-hydrogen) atoms. The summed E-state index contributed by atoms with van der Waals surface area (Å²) in [5.41, 5.74) is 2.97. The van der Waals surface area contributed by atoms with Gasteiger partial charge in [-0.3, -0.25) is 4.98 Å². The van der Waals surface area contributed by atoms with Gasteiger partial charge >= 0.3 is 0 Å². The topological polar surface area (TPSA) is 75.6 Å². The number of pyridine rings is 1. The van der Waals surface area contributed by atoms with E-state index in [-0.39, 0.29) is 6.10 Å². The maximum atomic E-state index is 6.06. The van der Waals surface area contributed by atoms with Crippen molar-refractivity contribution in [1.29, 1.82) is 0 Å². The van der Waals surface area contributed by atoms with Crippen LogP contribution in [-0.4, -0.2) is 48.5 Å². The van der Waals surface area contributed by atoms with Gasteiger partial charge in [-0.15, -0.1) is 0 Å². The lowest BCUT2D eigenvalue weighted by Crippen LogP contribution is -2.17. The largest absolute Gasteiger partial charge is 0.493 e. The minimum absolute atomic E-state index is 0.0200. The number of ether oxygens (including phenoxy) is 4. The van der Waals surface area contributed by atoms with Crippen molar-refractivity contribution in [2.45, 2.75) is 12.5 Å². The molecule has 1 fully saturated rings. The summed E-state index contributed by atoms with van der Waals surface area (Å²) in [4.78, 5) is 13.5. The molecule has 0 bridgehead atoms. The van der Waals surface area contributed by atoms with Crippen molar-refractivity contribution in [1.82, 2.24) is 15.0 Å². The van der Waals surface area contributed by atoms with Gasteiger partial charge in [-0.2, -0.15) is 0 Å². The average molecular weight is 353 g/mol. The molecule has 0 spiro atoms. The molecule has 1 atom stereocenters. The molecule has 2 aromatic heterocycles. The predicted molar refractivity (Wildman–Crippen MR) is 95.7 cm³/mol. The Morgan fingerprint density at radius 3 is 2.65 bits per heavy atom. The molecule has 1 aliphatic heterocycles. The van der Waals surface area contributed by atoms with Crippen LogP contribution in [0, 0.1) is 0 Å². The van der Waals surface area contributed by atoms with Gasteiger partial charge in [-0.1, -0.05) is 0 Å². The van der Waals surface area contributed by atoms with Gasteiger partial charge in [0.25, 0.3) is 0 Å². The van der Waals surface area contributed by atoms with Crippen LogP contribution in [0.3, 0.4) is 0 Å². The summed E-state index contributed by atoms with van der Waals surface area (Å²) >= 11 is 0. The smallest absolute Gasteiger partial charge is 0.243 e. The summed E-state index contributed by atoms with van der Waals surface area (Å²) in [6.07, 6.45) is 4.11. The number of nitrogens with zero attached hydrogens (tertiary/aromatic N) is 3. The molecule has 1 aromatic carbocycles. The number of fused-ring (bicyclic) bond motifs is 1. The minimum Gasteiger partial charge on any atom is -0.493 e. The Kier molecular flexibility index (Phi) is 4.53. The van der Waals surface area contributed by atoms with Gasteiger partial charge in [0.1, 0.15) is 6.10 Å². The normalized spacial score (nSPS) is 16.6. The maximum Gasteiger partial charge on any atom is 0.243 e. The lowest BCUT2D eigenvalue weighted by atomic mass is 10.1. The number of hydrogen-bond acceptors (Lipinski definition) is 7. The highest BCUT2D eigenvalue weighted by molar-refractivity contribution is 5.83. The van der Waals surface area contributed by atoms with Crippen molar-refractivity contribution >= 4 is 11.0 Å². The number of aromatic nitrogens is 3. The van der Waals surface area contributed by atoms with Gasteiger partial charge in [0.05, 0.1) is 38.6 Å². The highest BCUT2D eigenvalue weighted by Gasteiger charge is 2.21. The van der Waals surface area contributed by atoms with Gasteiger partial charge < -0.3 is 18.9 Å². The van der Waals surface area contributed by atoms with E-state index in [1.165, 1.54) is 0 Å². The van der Waals surface area contributed by atoms with E-state index in [1.54, 1.807) is 26.6 Å². The summed E-state index contributed by atoms with van der Waals surface area (Å²) in [5.74, 6) is 1.77. The van der Waals surface area contributed by atoms with Gasteiger partial charge in [0, 0.05) is 24.4 Å². The second kappa shape index (κ2) is 7.13. The summed E-state index contributed by atoms with van der Waals surface area (Å²) in [6, 6.07) is 7.55. The van der Waals surface area contributed by atoms with Crippen LogP contribution < -0.4 is 14.2 Å². The molecule has 4 rings (SSSR count). The van der Waals surface area contributed by atoms with E-state index in [2.05, 4.69) is 15.0 Å². The summed E-state index contributed by atoms with van der Waals surface area (Å²) in [7, 11) is 3.21. The Morgan fingerprint density at radius 1 is 1.04 bits per heavy atom. The van der Waals surface area contributed by atoms with E-state index < -0.39 is 0 Å². The van der Waals surface area contributed by atoms with Crippen LogP contribution in [-0.2, 0) is 4.74 Å². The summed E-state index contributed by atoms with van der Waals surface area (Å²) < 4.78 is 22.1. The van der Waals surface area contributed by atoms with Crippen LogP contribution in [0.2, 0.25) is 0 Å². The lowest BCUT2D eigenvalue weighted by Gasteiger charge is -2.14. The van der Waals surface area contributed by atoms with Crippen molar-refractivity contribution < 1.29 is 18.9 Å². The van der Waals surface area contributed by atoms with Crippen LogP contribution in [0.1, 0.15) is 6.42 Å². The summed E-state index contributed by atoms with van der Waals surface area (Å²) in [6.45, 7) is 1.26. The first-order chi connectivity index (χ1) is 12.8. The Labute approximate surface area is 150 Å². The molecule has 1 saturated heterocycles. The van der Waals surface area contributed by atoms with Crippen LogP contribution in [0.25, 0.3) is 22.3 Å². The molecule has 0 aliphatic carbocycles. The van der Waals surface area contributed by atoms with Crippen LogP contribution in [0.4, 0.5) is 0 Å². The standard InChI is InChI=1S/C19H19N3O4/c1-23-16-4-3-12(9-17(16)24-2)14-10-15-18(21-7-6-20-15)19(22-14)26-13-5-8-25-11-13/h3-4,6-7,9-10,13H,5,8,11H2,1-2H3/t13-/m1/s1. The van der Waals surface area contributed by atoms with Crippen molar-refractivity contribution in [2.24, 2.45) is 0 Å². The van der Waals surface area contributed by atoms with E-state index in [0.29, 0.717) is 36.1 Å². The predicted octanol–water partition coefficient (Wildman–Crippen LogP) is 2.88. The Hall–Kier alpha value is -2.93. The maximum absolute atomic E-state index is 6.06. The first-order valence-corrected chi connectivity index (χ1v) is 8.37. The monoisotopic (exact) mass is 353 g/mol. The van der Waals surface area contributed by atoms with E-state index in [9.17, 15) is 0 Å². The lowest BCUT2D eigenvalue weighted by molar-refractivity contribution is 0.139. The molecule has 3 heterocycles. The first kappa shape index (κ1) is 16.5. The van der Waals surface area contributed by atoms with Gasteiger partial charge in [-0.05, 0) is 24.3 Å². The number of benzene rings is 1. The Bertz CT molecular complexity index is 926. The van der Waals surface area contributed by atoms with Crippen molar-refractivity contribution in [3.05, 3.63) is 36.7 Å². The molecule has 0 radical (unpaired) electrons. The highest BCUT2D eigenvalue weighted by Crippen LogP contribution is 2.34. The Balaban J connectivity index is 1.80. The van der Waals surface area contributed by atoms with E-state index in [4.69, 9.17) is 18.9 Å². The molecule has 0 saturated carbocycles. The molecule has 7 heteroatoms. The first-order valence-electron chi connectivity index (χ1n) is 8.37. The van der Waals surface area contributed by atoms with Crippen molar-refractivity contribution in [2.75, 3.05) is 27.4 Å². The van der Waals surface area contributed by atoms with Crippen molar-refractivity contribution in [3.63, 3.8) is 0 Å². The molecule has 0 N–H and O–H groups in total. The fourth-order valence-corrected chi connectivity index (χ4v) is 2.93. The second-order valence-corrected chi connectivity index (χ2v) is 5.91. The highest BCUT2D eigenvalue weighted by atomic mass is 16.5. The van der Waals surface area contributed by atoms with E-state index in [0.717, 1.165) is 23.2 Å². The van der Waals surface area contributed by atoms with Crippen LogP contribution in [0.5, 0.6) is 17.4 Å². The van der Waals surface area contributed by atoms with E-state index >= 15 is 0 Å². The molecular weight excluding hydrogens is 334 g/mol. The SMILES string of the molecule is COc1ccc(-c2cc3nccnc3c(O[C@@H]3CCOC3)n2)cc1OC. The molecule has 0 amide bonds. The molecule has 0 unspecified atom stereocenters.